The minimum absolute atomic E-state index is 0.0489. The van der Waals surface area contributed by atoms with Crippen LogP contribution < -0.4 is 11.1 Å². The Labute approximate surface area is 251 Å². The molecule has 0 fully saturated rings. The van der Waals surface area contributed by atoms with Crippen LogP contribution in [0.4, 0.5) is 0 Å². The number of aliphatic imine (C=N–C) groups is 2. The van der Waals surface area contributed by atoms with Crippen molar-refractivity contribution < 1.29 is 4.74 Å². The van der Waals surface area contributed by atoms with E-state index in [1.54, 1.807) is 5.57 Å². The fourth-order valence-corrected chi connectivity index (χ4v) is 7.74. The first-order valence-corrected chi connectivity index (χ1v) is 16.5. The van der Waals surface area contributed by atoms with Crippen molar-refractivity contribution in [2.24, 2.45) is 62.6 Å². The molecule has 0 aromatic rings. The summed E-state index contributed by atoms with van der Waals surface area (Å²) in [6.45, 7) is 20.5. The predicted molar refractivity (Wildman–Crippen MR) is 175 cm³/mol. The van der Waals surface area contributed by atoms with Gasteiger partial charge in [-0.05, 0) is 86.5 Å². The number of guanidine groups is 1. The maximum Gasteiger partial charge on any atom is 0.218 e. The largest absolute Gasteiger partial charge is 0.476 e. The maximum absolute atomic E-state index is 6.92. The van der Waals surface area contributed by atoms with Gasteiger partial charge in [0, 0.05) is 18.9 Å². The Balaban J connectivity index is 1.50. The normalized spacial score (nSPS) is 35.1. The lowest BCUT2D eigenvalue weighted by Gasteiger charge is -2.40. The molecule has 0 saturated heterocycles. The SMILES string of the molecule is CCC(C)(C)C1=C[C@@H](C)C(C(CNCC2CC=CC(C)=C[C@H]2C)OC2=NC(N)=NC(C3C(C)C=CCC3C)C2)CC1. The summed E-state index contributed by atoms with van der Waals surface area (Å²) in [4.78, 5) is 9.52. The van der Waals surface area contributed by atoms with Gasteiger partial charge in [-0.25, -0.2) is 4.99 Å². The molecule has 5 nitrogen and oxygen atoms in total. The van der Waals surface area contributed by atoms with Crippen LogP contribution in [0.5, 0.6) is 0 Å². The van der Waals surface area contributed by atoms with Crippen molar-refractivity contribution in [3.8, 4) is 0 Å². The van der Waals surface area contributed by atoms with E-state index in [1.165, 1.54) is 12.0 Å². The van der Waals surface area contributed by atoms with Gasteiger partial charge in [0.2, 0.25) is 5.96 Å². The van der Waals surface area contributed by atoms with E-state index in [1.807, 2.05) is 0 Å². The highest BCUT2D eigenvalue weighted by Gasteiger charge is 2.38. The maximum atomic E-state index is 6.92. The molecule has 3 aliphatic carbocycles. The second-order valence-electron chi connectivity index (χ2n) is 14.3. The molecule has 0 bridgehead atoms. The molecule has 4 aliphatic rings. The van der Waals surface area contributed by atoms with Gasteiger partial charge in [-0.15, -0.1) is 0 Å². The minimum atomic E-state index is 0.0489. The standard InChI is InChI=1S/C36H58N4O/c1-9-36(7,8)29-16-17-30(27(6)19-29)32(22-38-21-28-15-10-12-23(2)18-26(28)5)41-33-20-31(39-35(37)40-33)34-24(3)13-11-14-25(34)4/h10-13,18-19,24-28,30-32,34,38H,9,14-17,20-22H2,1-8H3,(H2,37,39)/t24?,25?,26-,27-,28?,30?,31?,32?,34?/m1/s1. The van der Waals surface area contributed by atoms with Gasteiger partial charge in [0.25, 0.3) is 0 Å². The quantitative estimate of drug-likeness (QED) is 0.281. The minimum Gasteiger partial charge on any atom is -0.476 e. The first-order valence-electron chi connectivity index (χ1n) is 16.5. The Bertz CT molecular complexity index is 1080. The van der Waals surface area contributed by atoms with E-state index >= 15 is 0 Å². The molecule has 0 aromatic carbocycles. The molecule has 5 heteroatoms. The molecular weight excluding hydrogens is 504 g/mol. The van der Waals surface area contributed by atoms with Crippen LogP contribution in [0.15, 0.2) is 57.6 Å². The molecule has 0 aromatic heterocycles. The summed E-state index contributed by atoms with van der Waals surface area (Å²) in [7, 11) is 0. The highest BCUT2D eigenvalue weighted by molar-refractivity contribution is 5.94. The van der Waals surface area contributed by atoms with Crippen LogP contribution >= 0.6 is 0 Å². The second kappa shape index (κ2) is 13.9. The Hall–Kier alpha value is -2.14. The molecular formula is C36H58N4O. The van der Waals surface area contributed by atoms with E-state index in [0.29, 0.717) is 47.4 Å². The Morgan fingerprint density at radius 3 is 2.56 bits per heavy atom. The summed E-state index contributed by atoms with van der Waals surface area (Å²) in [5.74, 6) is 4.71. The van der Waals surface area contributed by atoms with Crippen LogP contribution in [-0.4, -0.2) is 37.1 Å². The number of rotatable bonds is 9. The van der Waals surface area contributed by atoms with Crippen LogP contribution in [0.3, 0.4) is 0 Å². The molecule has 0 radical (unpaired) electrons. The molecule has 0 saturated carbocycles. The van der Waals surface area contributed by atoms with Crippen molar-refractivity contribution in [1.29, 1.82) is 0 Å². The van der Waals surface area contributed by atoms with Gasteiger partial charge < -0.3 is 15.8 Å². The highest BCUT2D eigenvalue weighted by Crippen LogP contribution is 2.42. The lowest BCUT2D eigenvalue weighted by Crippen LogP contribution is -2.44. The van der Waals surface area contributed by atoms with Crippen molar-refractivity contribution in [3.63, 3.8) is 0 Å². The Morgan fingerprint density at radius 1 is 1.07 bits per heavy atom. The summed E-state index contributed by atoms with van der Waals surface area (Å²) in [5.41, 5.74) is 9.58. The van der Waals surface area contributed by atoms with Crippen molar-refractivity contribution >= 4 is 11.9 Å². The third-order valence-electron chi connectivity index (χ3n) is 10.8. The number of allylic oxidation sites excluding steroid dienone is 8. The number of nitrogens with two attached hydrogens (primary N) is 1. The predicted octanol–water partition coefficient (Wildman–Crippen LogP) is 7.86. The van der Waals surface area contributed by atoms with Crippen molar-refractivity contribution in [3.05, 3.63) is 47.6 Å². The van der Waals surface area contributed by atoms with Crippen LogP contribution in [0, 0.1) is 46.8 Å². The molecule has 7 unspecified atom stereocenters. The molecule has 4 rings (SSSR count). The van der Waals surface area contributed by atoms with Crippen molar-refractivity contribution in [2.75, 3.05) is 13.1 Å². The zero-order valence-electron chi connectivity index (χ0n) is 27.2. The highest BCUT2D eigenvalue weighted by atomic mass is 16.5. The molecule has 0 spiro atoms. The Kier molecular flexibility index (Phi) is 10.8. The van der Waals surface area contributed by atoms with E-state index in [-0.39, 0.29) is 17.6 Å². The van der Waals surface area contributed by atoms with Crippen molar-refractivity contribution in [2.45, 2.75) is 106 Å². The van der Waals surface area contributed by atoms with Gasteiger partial charge in [-0.1, -0.05) is 96.1 Å². The summed E-state index contributed by atoms with van der Waals surface area (Å²) in [6.07, 6.45) is 20.7. The van der Waals surface area contributed by atoms with Gasteiger partial charge in [0.1, 0.15) is 6.10 Å². The van der Waals surface area contributed by atoms with Crippen LogP contribution in [0.25, 0.3) is 0 Å². The molecule has 228 valence electrons. The van der Waals surface area contributed by atoms with Gasteiger partial charge >= 0.3 is 0 Å². The fraction of sp³-hybridized carbons (Fsp3) is 0.722. The van der Waals surface area contributed by atoms with Crippen LogP contribution in [0.1, 0.15) is 93.9 Å². The van der Waals surface area contributed by atoms with E-state index in [4.69, 9.17) is 15.5 Å². The number of nitrogens with zero attached hydrogens (tertiary/aromatic N) is 2. The fourth-order valence-electron chi connectivity index (χ4n) is 7.74. The monoisotopic (exact) mass is 562 g/mol. The average Bonchev–Trinajstić information content (AvgIpc) is 3.07. The smallest absolute Gasteiger partial charge is 0.218 e. The van der Waals surface area contributed by atoms with E-state index < -0.39 is 0 Å². The second-order valence-corrected chi connectivity index (χ2v) is 14.3. The number of hydrogen-bond donors (Lipinski definition) is 2. The topological polar surface area (TPSA) is 72.0 Å². The summed E-state index contributed by atoms with van der Waals surface area (Å²) in [6, 6.07) is 0.125. The molecule has 41 heavy (non-hydrogen) atoms. The zero-order valence-corrected chi connectivity index (χ0v) is 27.2. The van der Waals surface area contributed by atoms with Gasteiger partial charge in [-0.3, -0.25) is 0 Å². The molecule has 1 heterocycles. The summed E-state index contributed by atoms with van der Waals surface area (Å²) >= 11 is 0. The lowest BCUT2D eigenvalue weighted by molar-refractivity contribution is 0.0808. The first-order chi connectivity index (χ1) is 19.5. The molecule has 1 aliphatic heterocycles. The molecule has 9 atom stereocenters. The average molecular weight is 563 g/mol. The number of ether oxygens (including phenoxy) is 1. The Morgan fingerprint density at radius 2 is 1.85 bits per heavy atom. The number of hydrogen-bond acceptors (Lipinski definition) is 5. The molecule has 0 amide bonds. The van der Waals surface area contributed by atoms with E-state index in [0.717, 1.165) is 51.1 Å². The first kappa shape index (κ1) is 31.8. The van der Waals surface area contributed by atoms with Crippen molar-refractivity contribution in [1.82, 2.24) is 5.32 Å². The summed E-state index contributed by atoms with van der Waals surface area (Å²) < 4.78 is 6.92. The van der Waals surface area contributed by atoms with Gasteiger partial charge in [-0.2, -0.15) is 4.99 Å². The number of nitrogens with one attached hydrogen (secondary N) is 1. The summed E-state index contributed by atoms with van der Waals surface area (Å²) in [5, 5.41) is 3.85. The van der Waals surface area contributed by atoms with E-state index in [9.17, 15) is 0 Å². The van der Waals surface area contributed by atoms with Crippen LogP contribution in [0.2, 0.25) is 0 Å². The third kappa shape index (κ3) is 8.03. The van der Waals surface area contributed by atoms with Gasteiger partial charge in [0.15, 0.2) is 5.90 Å². The molecule has 3 N–H and O–H groups in total. The van der Waals surface area contributed by atoms with Gasteiger partial charge in [0.05, 0.1) is 6.04 Å². The third-order valence-corrected chi connectivity index (χ3v) is 10.8. The van der Waals surface area contributed by atoms with E-state index in [2.05, 4.69) is 102 Å². The zero-order chi connectivity index (χ0) is 29.7. The van der Waals surface area contributed by atoms with Crippen LogP contribution in [-0.2, 0) is 4.74 Å². The lowest BCUT2D eigenvalue weighted by atomic mass is 9.70.